The lowest BCUT2D eigenvalue weighted by Gasteiger charge is -2.28. The van der Waals surface area contributed by atoms with Crippen LogP contribution in [0.5, 0.6) is 0 Å². The summed E-state index contributed by atoms with van der Waals surface area (Å²) in [7, 11) is 0. The number of carbonyl (C=O) groups is 1. The van der Waals surface area contributed by atoms with Crippen molar-refractivity contribution in [2.45, 2.75) is 71.3 Å². The second-order valence-electron chi connectivity index (χ2n) is 7.41. The van der Waals surface area contributed by atoms with Crippen molar-refractivity contribution in [3.8, 4) is 0 Å². The Hall–Kier alpha value is -1.18. The second-order valence-corrected chi connectivity index (χ2v) is 7.68. The van der Waals surface area contributed by atoms with E-state index in [0.29, 0.717) is 6.61 Å². The smallest absolute Gasteiger partial charge is 0.321 e. The number of hydrogen-bond donors (Lipinski definition) is 0. The summed E-state index contributed by atoms with van der Waals surface area (Å²) in [5.74, 6) is -0.507. The molecule has 7 heteroatoms. The Labute approximate surface area is 165 Å². The van der Waals surface area contributed by atoms with Gasteiger partial charge < -0.3 is 23.7 Å². The molecule has 2 aliphatic heterocycles. The molecule has 1 aromatic carbocycles. The van der Waals surface area contributed by atoms with Crippen molar-refractivity contribution in [3.05, 3.63) is 35.4 Å². The van der Waals surface area contributed by atoms with E-state index in [2.05, 4.69) is 0 Å². The number of carbonyl (C=O) groups excluding carboxylic acids is 1. The quantitative estimate of drug-likeness (QED) is 0.519. The zero-order valence-corrected chi connectivity index (χ0v) is 16.8. The van der Waals surface area contributed by atoms with Gasteiger partial charge in [0.15, 0.2) is 12.6 Å². The van der Waals surface area contributed by atoms with Crippen LogP contribution in [0.15, 0.2) is 24.3 Å². The number of rotatable bonds is 7. The van der Waals surface area contributed by atoms with Gasteiger partial charge in [0.05, 0.1) is 6.61 Å². The van der Waals surface area contributed by atoms with E-state index in [4.69, 9.17) is 35.3 Å². The third kappa shape index (κ3) is 4.81. The topological polar surface area (TPSA) is 63.2 Å². The van der Waals surface area contributed by atoms with E-state index in [1.165, 1.54) is 5.56 Å². The highest BCUT2D eigenvalue weighted by Crippen LogP contribution is 2.38. The van der Waals surface area contributed by atoms with Crippen LogP contribution in [0.1, 0.15) is 31.9 Å². The summed E-state index contributed by atoms with van der Waals surface area (Å²) in [6.45, 7) is 8.25. The molecule has 0 amide bonds. The fraction of sp³-hybridized carbons (Fsp3) is 0.650. The van der Waals surface area contributed by atoms with Crippen LogP contribution in [0.25, 0.3) is 0 Å². The summed E-state index contributed by atoms with van der Waals surface area (Å²) in [4.78, 5) is 11.6. The lowest BCUT2D eigenvalue weighted by molar-refractivity contribution is -0.207. The summed E-state index contributed by atoms with van der Waals surface area (Å²) < 4.78 is 29.4. The Kier molecular flexibility index (Phi) is 6.76. The first-order valence-electron chi connectivity index (χ1n) is 9.28. The van der Waals surface area contributed by atoms with E-state index < -0.39 is 30.6 Å². The van der Waals surface area contributed by atoms with Gasteiger partial charge in [0, 0.05) is 5.92 Å². The number of hydrogen-bond acceptors (Lipinski definition) is 6. The normalized spacial score (nSPS) is 31.1. The molecule has 0 radical (unpaired) electrons. The van der Waals surface area contributed by atoms with Crippen LogP contribution in [0.3, 0.4) is 0 Å². The molecule has 6 nitrogen and oxygen atoms in total. The van der Waals surface area contributed by atoms with E-state index in [1.54, 1.807) is 6.92 Å². The maximum atomic E-state index is 11.6. The molecule has 0 N–H and O–H groups in total. The average Bonchev–Trinajstić information content (AvgIpc) is 3.19. The highest BCUT2D eigenvalue weighted by atomic mass is 35.5. The summed E-state index contributed by atoms with van der Waals surface area (Å²) in [6.07, 6.45) is -2.70. The molecule has 1 aromatic rings. The Bertz CT molecular complexity index is 634. The maximum Gasteiger partial charge on any atom is 0.321 e. The van der Waals surface area contributed by atoms with Crippen LogP contribution >= 0.6 is 11.6 Å². The van der Waals surface area contributed by atoms with Crippen molar-refractivity contribution in [2.75, 3.05) is 5.88 Å². The Balaban J connectivity index is 1.70. The minimum Gasteiger partial charge on any atom is -0.459 e. The van der Waals surface area contributed by atoms with Crippen molar-refractivity contribution in [3.63, 3.8) is 0 Å². The molecule has 27 heavy (non-hydrogen) atoms. The number of benzene rings is 1. The lowest BCUT2D eigenvalue weighted by atomic mass is 10.1. The van der Waals surface area contributed by atoms with Crippen LogP contribution in [0, 0.1) is 12.8 Å². The van der Waals surface area contributed by atoms with Gasteiger partial charge >= 0.3 is 5.97 Å². The second kappa shape index (κ2) is 8.88. The van der Waals surface area contributed by atoms with Crippen LogP contribution < -0.4 is 0 Å². The molecule has 2 aliphatic rings. The highest BCUT2D eigenvalue weighted by Gasteiger charge is 2.55. The summed E-state index contributed by atoms with van der Waals surface area (Å²) >= 11 is 5.55. The van der Waals surface area contributed by atoms with Gasteiger partial charge in [-0.1, -0.05) is 43.7 Å². The molecule has 150 valence electrons. The van der Waals surface area contributed by atoms with E-state index in [9.17, 15) is 4.79 Å². The minimum atomic E-state index is -0.539. The molecular formula is C20H27ClO6. The third-order valence-electron chi connectivity index (χ3n) is 4.76. The van der Waals surface area contributed by atoms with E-state index in [-0.39, 0.29) is 24.2 Å². The van der Waals surface area contributed by atoms with Gasteiger partial charge in [-0.25, -0.2) is 0 Å². The van der Waals surface area contributed by atoms with Gasteiger partial charge in [-0.2, -0.15) is 0 Å². The Morgan fingerprint density at radius 3 is 2.48 bits per heavy atom. The molecule has 0 spiro atoms. The van der Waals surface area contributed by atoms with Gasteiger partial charge in [0.25, 0.3) is 0 Å². The van der Waals surface area contributed by atoms with Crippen molar-refractivity contribution in [1.29, 1.82) is 0 Å². The Morgan fingerprint density at radius 1 is 1.15 bits per heavy atom. The zero-order valence-electron chi connectivity index (χ0n) is 16.1. The van der Waals surface area contributed by atoms with E-state index >= 15 is 0 Å². The fourth-order valence-corrected chi connectivity index (χ4v) is 3.35. The van der Waals surface area contributed by atoms with Crippen molar-refractivity contribution in [2.24, 2.45) is 5.92 Å². The molecule has 2 saturated heterocycles. The highest BCUT2D eigenvalue weighted by molar-refractivity contribution is 6.26. The molecule has 0 saturated carbocycles. The van der Waals surface area contributed by atoms with Gasteiger partial charge in [0.1, 0.15) is 30.3 Å². The summed E-state index contributed by atoms with van der Waals surface area (Å²) in [5, 5.41) is 0. The molecule has 2 heterocycles. The standard InChI is InChI=1S/C20H27ClO6/c1-11(2)19-26-18-17(23-10-14-7-5-12(3)6-8-14)16(25-20(18)27-19)13(4)24-15(22)9-21/h5-8,11,13,16-20H,9-10H2,1-4H3/t13-,16-,17+,18-,19?,20-/m1/s1. The molecule has 1 unspecified atom stereocenters. The molecular weight excluding hydrogens is 372 g/mol. The predicted molar refractivity (Wildman–Crippen MR) is 99.3 cm³/mol. The molecule has 0 bridgehead atoms. The van der Waals surface area contributed by atoms with Crippen LogP contribution in [-0.4, -0.2) is 48.8 Å². The van der Waals surface area contributed by atoms with E-state index in [0.717, 1.165) is 5.56 Å². The maximum absolute atomic E-state index is 11.6. The van der Waals surface area contributed by atoms with Gasteiger partial charge in [-0.05, 0) is 19.4 Å². The van der Waals surface area contributed by atoms with Crippen molar-refractivity contribution >= 4 is 17.6 Å². The van der Waals surface area contributed by atoms with Crippen molar-refractivity contribution < 1.29 is 28.5 Å². The number of aryl methyl sites for hydroxylation is 1. The first-order valence-corrected chi connectivity index (χ1v) is 9.81. The Morgan fingerprint density at radius 2 is 1.85 bits per heavy atom. The number of fused-ring (bicyclic) bond motifs is 1. The third-order valence-corrected chi connectivity index (χ3v) is 4.98. The van der Waals surface area contributed by atoms with Crippen LogP contribution in [0.2, 0.25) is 0 Å². The SMILES string of the molecule is Cc1ccc(CO[C@@H]2[C@H]3OC(C(C)C)O[C@H]3O[C@@H]2[C@@H](C)OC(=O)CCl)cc1. The van der Waals surface area contributed by atoms with Crippen LogP contribution in [0.4, 0.5) is 0 Å². The molecule has 3 rings (SSSR count). The van der Waals surface area contributed by atoms with Crippen molar-refractivity contribution in [1.82, 2.24) is 0 Å². The van der Waals surface area contributed by atoms with Crippen LogP contribution in [-0.2, 0) is 35.1 Å². The number of esters is 1. The molecule has 0 aliphatic carbocycles. The van der Waals surface area contributed by atoms with Gasteiger partial charge in [-0.3, -0.25) is 4.79 Å². The first kappa shape index (κ1) is 20.6. The van der Waals surface area contributed by atoms with E-state index in [1.807, 2.05) is 45.0 Å². The molecule has 6 atom stereocenters. The lowest BCUT2D eigenvalue weighted by Crippen LogP contribution is -2.42. The molecule has 2 fully saturated rings. The number of ether oxygens (including phenoxy) is 5. The summed E-state index contributed by atoms with van der Waals surface area (Å²) in [6, 6.07) is 8.13. The number of halogens is 1. The largest absolute Gasteiger partial charge is 0.459 e. The summed E-state index contributed by atoms with van der Waals surface area (Å²) in [5.41, 5.74) is 2.24. The fourth-order valence-electron chi connectivity index (χ4n) is 3.29. The predicted octanol–water partition coefficient (Wildman–Crippen LogP) is 3.17. The zero-order chi connectivity index (χ0) is 19.6. The minimum absolute atomic E-state index is 0.196. The first-order chi connectivity index (χ1) is 12.9. The number of alkyl halides is 1. The van der Waals surface area contributed by atoms with Gasteiger partial charge in [-0.15, -0.1) is 11.6 Å². The average molecular weight is 399 g/mol. The van der Waals surface area contributed by atoms with Gasteiger partial charge in [0.2, 0.25) is 0 Å². The molecule has 0 aromatic heterocycles. The monoisotopic (exact) mass is 398 g/mol.